The van der Waals surface area contributed by atoms with Crippen LogP contribution in [0.4, 0.5) is 0 Å². The van der Waals surface area contributed by atoms with Crippen molar-refractivity contribution in [2.24, 2.45) is 5.16 Å². The normalized spacial score (nSPS) is 24.4. The number of hydrogen-bond donors (Lipinski definition) is 1. The van der Waals surface area contributed by atoms with E-state index in [0.717, 1.165) is 12.3 Å². The summed E-state index contributed by atoms with van der Waals surface area (Å²) in [6, 6.07) is 0. The summed E-state index contributed by atoms with van der Waals surface area (Å²) < 4.78 is 4.67. The lowest BCUT2D eigenvalue weighted by Gasteiger charge is -2.17. The minimum atomic E-state index is -0.330. The number of hydrogen-bond acceptors (Lipinski definition) is 5. The topological polar surface area (TPSA) is 62.1 Å². The molecule has 0 aromatic carbocycles. The van der Waals surface area contributed by atoms with E-state index in [0.29, 0.717) is 6.47 Å². The Balaban J connectivity index is 2.43. The van der Waals surface area contributed by atoms with E-state index in [1.165, 1.54) is 18.1 Å². The second kappa shape index (κ2) is 4.07. The standard InChI is InChI=1S/C5H8N2O3S/c8-4-10-5-7(3-6-9)1-2-11-5/h3-5,9H,1-2H2. The van der Waals surface area contributed by atoms with Gasteiger partial charge in [-0.25, -0.2) is 0 Å². The second-order valence-electron chi connectivity index (χ2n) is 1.88. The van der Waals surface area contributed by atoms with Crippen LogP contribution in [-0.4, -0.2) is 40.8 Å². The first kappa shape index (κ1) is 8.19. The molecule has 0 aromatic heterocycles. The van der Waals surface area contributed by atoms with Crippen molar-refractivity contribution in [2.45, 2.75) is 5.56 Å². The van der Waals surface area contributed by atoms with Gasteiger partial charge < -0.3 is 14.8 Å². The van der Waals surface area contributed by atoms with Gasteiger partial charge in [-0.2, -0.15) is 0 Å². The first-order valence-corrected chi connectivity index (χ1v) is 4.07. The summed E-state index contributed by atoms with van der Waals surface area (Å²) in [5, 5.41) is 11.0. The maximum absolute atomic E-state index is 9.94. The van der Waals surface area contributed by atoms with Crippen LogP contribution in [0.1, 0.15) is 0 Å². The molecule has 0 bridgehead atoms. The van der Waals surface area contributed by atoms with Crippen molar-refractivity contribution < 1.29 is 14.7 Å². The molecule has 1 heterocycles. The highest BCUT2D eigenvalue weighted by Crippen LogP contribution is 2.22. The van der Waals surface area contributed by atoms with E-state index >= 15 is 0 Å². The average molecular weight is 176 g/mol. The number of nitrogens with zero attached hydrogens (tertiary/aromatic N) is 2. The number of carbonyl (C=O) groups excluding carboxylic acids is 1. The molecule has 1 fully saturated rings. The van der Waals surface area contributed by atoms with Gasteiger partial charge in [0.15, 0.2) is 0 Å². The van der Waals surface area contributed by atoms with Crippen LogP contribution in [-0.2, 0) is 9.53 Å². The van der Waals surface area contributed by atoms with E-state index in [2.05, 4.69) is 9.89 Å². The number of carbonyl (C=O) groups is 1. The fraction of sp³-hybridized carbons (Fsp3) is 0.600. The largest absolute Gasteiger partial charge is 0.434 e. The molecule has 1 aliphatic rings. The van der Waals surface area contributed by atoms with Crippen molar-refractivity contribution in [2.75, 3.05) is 12.3 Å². The molecule has 1 saturated heterocycles. The third kappa shape index (κ3) is 2.01. The number of ether oxygens (including phenoxy) is 1. The van der Waals surface area contributed by atoms with E-state index in [1.807, 2.05) is 0 Å². The van der Waals surface area contributed by atoms with Crippen LogP contribution in [0.5, 0.6) is 0 Å². The van der Waals surface area contributed by atoms with E-state index in [-0.39, 0.29) is 5.56 Å². The monoisotopic (exact) mass is 176 g/mol. The van der Waals surface area contributed by atoms with Gasteiger partial charge in [-0.15, -0.1) is 0 Å². The van der Waals surface area contributed by atoms with Gasteiger partial charge in [0.25, 0.3) is 6.47 Å². The summed E-state index contributed by atoms with van der Waals surface area (Å²) in [4.78, 5) is 11.6. The molecule has 0 aliphatic carbocycles. The zero-order chi connectivity index (χ0) is 8.10. The molecule has 0 aromatic rings. The lowest BCUT2D eigenvalue weighted by molar-refractivity contribution is -0.133. The molecule has 1 atom stereocenters. The maximum atomic E-state index is 9.94. The molecule has 0 spiro atoms. The highest BCUT2D eigenvalue weighted by molar-refractivity contribution is 8.00. The van der Waals surface area contributed by atoms with Gasteiger partial charge >= 0.3 is 0 Å². The highest BCUT2D eigenvalue weighted by Gasteiger charge is 2.23. The molecule has 11 heavy (non-hydrogen) atoms. The van der Waals surface area contributed by atoms with Crippen LogP contribution in [0, 0.1) is 0 Å². The first-order valence-electron chi connectivity index (χ1n) is 3.02. The quantitative estimate of drug-likeness (QED) is 0.214. The van der Waals surface area contributed by atoms with Crippen molar-refractivity contribution in [3.05, 3.63) is 0 Å². The first-order chi connectivity index (χ1) is 5.38. The Morgan fingerprint density at radius 1 is 1.82 bits per heavy atom. The van der Waals surface area contributed by atoms with E-state index in [9.17, 15) is 4.79 Å². The molecule has 5 nitrogen and oxygen atoms in total. The zero-order valence-electron chi connectivity index (χ0n) is 5.71. The Morgan fingerprint density at radius 2 is 2.64 bits per heavy atom. The van der Waals surface area contributed by atoms with Gasteiger partial charge in [0.05, 0.1) is 0 Å². The Hall–Kier alpha value is -0.910. The van der Waals surface area contributed by atoms with Crippen molar-refractivity contribution >= 4 is 24.6 Å². The molecule has 1 rings (SSSR count). The molecular weight excluding hydrogens is 168 g/mol. The Labute approximate surface area is 68.0 Å². The number of thioether (sulfide) groups is 1. The third-order valence-electron chi connectivity index (χ3n) is 1.25. The minimum absolute atomic E-state index is 0.330. The summed E-state index contributed by atoms with van der Waals surface area (Å²) in [5.41, 5.74) is -0.330. The van der Waals surface area contributed by atoms with E-state index in [1.54, 1.807) is 4.90 Å². The Morgan fingerprint density at radius 3 is 3.27 bits per heavy atom. The summed E-state index contributed by atoms with van der Waals surface area (Å²) in [6.45, 7) is 1.12. The summed E-state index contributed by atoms with van der Waals surface area (Å²) in [7, 11) is 0. The minimum Gasteiger partial charge on any atom is -0.434 e. The second-order valence-corrected chi connectivity index (χ2v) is 3.02. The summed E-state index contributed by atoms with van der Waals surface area (Å²) >= 11 is 1.49. The van der Waals surface area contributed by atoms with Crippen LogP contribution in [0.25, 0.3) is 0 Å². The van der Waals surface area contributed by atoms with E-state index in [4.69, 9.17) is 5.21 Å². The van der Waals surface area contributed by atoms with Gasteiger partial charge in [0.1, 0.15) is 6.34 Å². The van der Waals surface area contributed by atoms with Crippen molar-refractivity contribution in [3.8, 4) is 0 Å². The molecule has 0 amide bonds. The van der Waals surface area contributed by atoms with Gasteiger partial charge in [-0.1, -0.05) is 16.9 Å². The smallest absolute Gasteiger partial charge is 0.295 e. The molecule has 0 saturated carbocycles. The van der Waals surface area contributed by atoms with Crippen LogP contribution >= 0.6 is 11.8 Å². The summed E-state index contributed by atoms with van der Waals surface area (Å²) in [5.74, 6) is 0.866. The van der Waals surface area contributed by atoms with Crippen LogP contribution < -0.4 is 0 Å². The predicted octanol–water partition coefficient (Wildman–Crippen LogP) is -0.0907. The SMILES string of the molecule is O=COC1SCCN1C=NO. The van der Waals surface area contributed by atoms with Gasteiger partial charge in [-0.3, -0.25) is 4.79 Å². The maximum Gasteiger partial charge on any atom is 0.295 e. The molecule has 1 N–H and O–H groups in total. The molecular formula is C5H8N2O3S. The fourth-order valence-corrected chi connectivity index (χ4v) is 1.80. The highest BCUT2D eigenvalue weighted by atomic mass is 32.2. The van der Waals surface area contributed by atoms with Crippen molar-refractivity contribution in [3.63, 3.8) is 0 Å². The van der Waals surface area contributed by atoms with Gasteiger partial charge in [0, 0.05) is 12.3 Å². The molecule has 0 radical (unpaired) electrons. The number of oxime groups is 1. The third-order valence-corrected chi connectivity index (χ3v) is 2.34. The van der Waals surface area contributed by atoms with Crippen LogP contribution in [0.3, 0.4) is 0 Å². The Bertz CT molecular complexity index is 164. The summed E-state index contributed by atoms with van der Waals surface area (Å²) in [6.07, 6.45) is 1.24. The zero-order valence-corrected chi connectivity index (χ0v) is 6.53. The van der Waals surface area contributed by atoms with Crippen molar-refractivity contribution in [1.82, 2.24) is 4.90 Å². The molecule has 1 aliphatic heterocycles. The lowest BCUT2D eigenvalue weighted by Crippen LogP contribution is -2.28. The molecule has 6 heteroatoms. The van der Waals surface area contributed by atoms with E-state index < -0.39 is 0 Å². The predicted molar refractivity (Wildman–Crippen MR) is 40.4 cm³/mol. The van der Waals surface area contributed by atoms with Gasteiger partial charge in [0.2, 0.25) is 5.56 Å². The number of rotatable bonds is 3. The lowest BCUT2D eigenvalue weighted by atomic mass is 10.7. The van der Waals surface area contributed by atoms with Crippen LogP contribution in [0.2, 0.25) is 0 Å². The fourth-order valence-electron chi connectivity index (χ4n) is 0.804. The van der Waals surface area contributed by atoms with Crippen molar-refractivity contribution in [1.29, 1.82) is 0 Å². The Kier molecular flexibility index (Phi) is 3.03. The van der Waals surface area contributed by atoms with Gasteiger partial charge in [-0.05, 0) is 0 Å². The average Bonchev–Trinajstić information content (AvgIpc) is 2.39. The van der Waals surface area contributed by atoms with Crippen LogP contribution in [0.15, 0.2) is 5.16 Å². The molecule has 62 valence electrons. The molecule has 1 unspecified atom stereocenters.